The quantitative estimate of drug-likeness (QED) is 0.900. The first-order valence-electron chi connectivity index (χ1n) is 5.84. The highest BCUT2D eigenvalue weighted by Gasteiger charge is 2.06. The number of anilines is 1. The Balaban J connectivity index is 2.16. The molecule has 0 unspecified atom stereocenters. The maximum atomic E-state index is 5.82. The monoisotopic (exact) mass is 243 g/mol. The Bertz CT molecular complexity index is 544. The summed E-state index contributed by atoms with van der Waals surface area (Å²) in [6, 6.07) is 6.02. The molecular weight excluding hydrogens is 226 g/mol. The van der Waals surface area contributed by atoms with Crippen molar-refractivity contribution in [2.45, 2.75) is 27.4 Å². The molecule has 94 valence electrons. The molecule has 0 aliphatic heterocycles. The van der Waals surface area contributed by atoms with Gasteiger partial charge in [-0.2, -0.15) is 0 Å². The number of hydrogen-bond donors (Lipinski definition) is 1. The first kappa shape index (κ1) is 12.4. The van der Waals surface area contributed by atoms with Crippen LogP contribution in [0.2, 0.25) is 0 Å². The third kappa shape index (κ3) is 2.77. The minimum atomic E-state index is 0.272. The molecule has 18 heavy (non-hydrogen) atoms. The van der Waals surface area contributed by atoms with Crippen LogP contribution in [0, 0.1) is 20.8 Å². The number of benzene rings is 1. The van der Waals surface area contributed by atoms with Crippen LogP contribution < -0.4 is 10.5 Å². The molecule has 0 aliphatic carbocycles. The highest BCUT2D eigenvalue weighted by Crippen LogP contribution is 2.25. The van der Waals surface area contributed by atoms with Crippen molar-refractivity contribution in [1.82, 2.24) is 9.97 Å². The number of aryl methyl sites for hydroxylation is 3. The Morgan fingerprint density at radius 3 is 2.44 bits per heavy atom. The lowest BCUT2D eigenvalue weighted by Crippen LogP contribution is -2.04. The van der Waals surface area contributed by atoms with Crippen LogP contribution in [0.3, 0.4) is 0 Å². The summed E-state index contributed by atoms with van der Waals surface area (Å²) in [7, 11) is 0. The molecule has 1 heterocycles. The smallest absolute Gasteiger partial charge is 0.220 e. The number of aromatic nitrogens is 2. The molecule has 4 nitrogen and oxygen atoms in total. The predicted octanol–water partition coefficient (Wildman–Crippen LogP) is 2.56. The van der Waals surface area contributed by atoms with Crippen LogP contribution in [-0.2, 0) is 6.61 Å². The standard InChI is InChI=1S/C14H17N3O/c1-9-6-10(2)13(11(3)7-9)18-8-12-4-5-16-14(15)17-12/h4-7H,8H2,1-3H3,(H2,15,16,17). The van der Waals surface area contributed by atoms with Crippen LogP contribution in [0.4, 0.5) is 5.95 Å². The highest BCUT2D eigenvalue weighted by molar-refractivity contribution is 5.43. The van der Waals surface area contributed by atoms with Crippen LogP contribution in [0.5, 0.6) is 5.75 Å². The normalized spacial score (nSPS) is 10.4. The van der Waals surface area contributed by atoms with E-state index in [-0.39, 0.29) is 5.95 Å². The molecular formula is C14H17N3O. The number of nitrogens with zero attached hydrogens (tertiary/aromatic N) is 2. The lowest BCUT2D eigenvalue weighted by Gasteiger charge is -2.12. The summed E-state index contributed by atoms with van der Waals surface area (Å²) in [4.78, 5) is 7.96. The van der Waals surface area contributed by atoms with Gasteiger partial charge in [-0.05, 0) is 38.0 Å². The zero-order valence-corrected chi connectivity index (χ0v) is 10.9. The Hall–Kier alpha value is -2.10. The average molecular weight is 243 g/mol. The Morgan fingerprint density at radius 2 is 1.83 bits per heavy atom. The van der Waals surface area contributed by atoms with Crippen molar-refractivity contribution in [1.29, 1.82) is 0 Å². The van der Waals surface area contributed by atoms with Crippen molar-refractivity contribution in [3.05, 3.63) is 46.8 Å². The SMILES string of the molecule is Cc1cc(C)c(OCc2ccnc(N)n2)c(C)c1. The highest BCUT2D eigenvalue weighted by atomic mass is 16.5. The third-order valence-electron chi connectivity index (χ3n) is 2.70. The molecule has 0 fully saturated rings. The van der Waals surface area contributed by atoms with Crippen molar-refractivity contribution in [2.75, 3.05) is 5.73 Å². The first-order chi connectivity index (χ1) is 8.56. The summed E-state index contributed by atoms with van der Waals surface area (Å²) >= 11 is 0. The maximum Gasteiger partial charge on any atom is 0.220 e. The Labute approximate surface area is 107 Å². The molecule has 0 atom stereocenters. The van der Waals surface area contributed by atoms with E-state index in [2.05, 4.69) is 29.0 Å². The van der Waals surface area contributed by atoms with Crippen LogP contribution in [0.1, 0.15) is 22.4 Å². The van der Waals surface area contributed by atoms with Crippen molar-refractivity contribution in [3.63, 3.8) is 0 Å². The summed E-state index contributed by atoms with van der Waals surface area (Å²) in [6.45, 7) is 6.57. The second kappa shape index (κ2) is 5.04. The minimum Gasteiger partial charge on any atom is -0.487 e. The third-order valence-corrected chi connectivity index (χ3v) is 2.70. The van der Waals surface area contributed by atoms with Gasteiger partial charge < -0.3 is 10.5 Å². The molecule has 0 saturated heterocycles. The fourth-order valence-electron chi connectivity index (χ4n) is 2.03. The topological polar surface area (TPSA) is 61.0 Å². The Morgan fingerprint density at radius 1 is 1.17 bits per heavy atom. The Kier molecular flexibility index (Phi) is 3.46. The van der Waals surface area contributed by atoms with Gasteiger partial charge in [0.2, 0.25) is 5.95 Å². The summed E-state index contributed by atoms with van der Waals surface area (Å²) in [5.41, 5.74) is 9.82. The molecule has 0 radical (unpaired) electrons. The van der Waals surface area contributed by atoms with Gasteiger partial charge in [0.05, 0.1) is 5.69 Å². The van der Waals surface area contributed by atoms with Gasteiger partial charge in [-0.3, -0.25) is 0 Å². The van der Waals surface area contributed by atoms with E-state index in [0.717, 1.165) is 22.6 Å². The number of hydrogen-bond acceptors (Lipinski definition) is 4. The number of rotatable bonds is 3. The molecule has 4 heteroatoms. The van der Waals surface area contributed by atoms with Crippen LogP contribution in [-0.4, -0.2) is 9.97 Å². The van der Waals surface area contributed by atoms with Crippen molar-refractivity contribution >= 4 is 5.95 Å². The van der Waals surface area contributed by atoms with Gasteiger partial charge in [0, 0.05) is 6.20 Å². The molecule has 1 aromatic carbocycles. The van der Waals surface area contributed by atoms with Crippen molar-refractivity contribution < 1.29 is 4.74 Å². The first-order valence-corrected chi connectivity index (χ1v) is 5.84. The second-order valence-corrected chi connectivity index (χ2v) is 4.42. The van der Waals surface area contributed by atoms with Crippen molar-refractivity contribution in [3.8, 4) is 5.75 Å². The molecule has 0 amide bonds. The molecule has 2 aromatic rings. The van der Waals surface area contributed by atoms with Crippen molar-refractivity contribution in [2.24, 2.45) is 0 Å². The number of nitrogen functional groups attached to an aromatic ring is 1. The zero-order valence-electron chi connectivity index (χ0n) is 10.9. The summed E-state index contributed by atoms with van der Waals surface area (Å²) < 4.78 is 5.82. The van der Waals surface area contributed by atoms with Gasteiger partial charge >= 0.3 is 0 Å². The van der Waals surface area contributed by atoms with E-state index in [1.165, 1.54) is 5.56 Å². The lowest BCUT2D eigenvalue weighted by atomic mass is 10.1. The van der Waals surface area contributed by atoms with Gasteiger partial charge in [-0.25, -0.2) is 9.97 Å². The maximum absolute atomic E-state index is 5.82. The van der Waals surface area contributed by atoms with Gasteiger partial charge in [0.1, 0.15) is 12.4 Å². The fraction of sp³-hybridized carbons (Fsp3) is 0.286. The van der Waals surface area contributed by atoms with Crippen LogP contribution in [0.25, 0.3) is 0 Å². The van der Waals surface area contributed by atoms with Gasteiger partial charge in [-0.1, -0.05) is 17.7 Å². The summed E-state index contributed by atoms with van der Waals surface area (Å²) in [5.74, 6) is 1.19. The fourth-order valence-corrected chi connectivity index (χ4v) is 2.03. The predicted molar refractivity (Wildman–Crippen MR) is 71.4 cm³/mol. The number of ether oxygens (including phenoxy) is 1. The molecule has 0 spiro atoms. The molecule has 0 bridgehead atoms. The van der Waals surface area contributed by atoms with E-state index in [0.29, 0.717) is 6.61 Å². The van der Waals surface area contributed by atoms with Gasteiger partial charge in [0.15, 0.2) is 0 Å². The lowest BCUT2D eigenvalue weighted by molar-refractivity contribution is 0.297. The van der Waals surface area contributed by atoms with Crippen LogP contribution in [0.15, 0.2) is 24.4 Å². The largest absolute Gasteiger partial charge is 0.487 e. The molecule has 1 aromatic heterocycles. The van der Waals surface area contributed by atoms with E-state index in [9.17, 15) is 0 Å². The van der Waals surface area contributed by atoms with Gasteiger partial charge in [0.25, 0.3) is 0 Å². The van der Waals surface area contributed by atoms with E-state index >= 15 is 0 Å². The summed E-state index contributed by atoms with van der Waals surface area (Å²) in [6.07, 6.45) is 1.63. The van der Waals surface area contributed by atoms with E-state index in [1.54, 1.807) is 12.3 Å². The molecule has 2 rings (SSSR count). The van der Waals surface area contributed by atoms with E-state index in [1.807, 2.05) is 13.8 Å². The summed E-state index contributed by atoms with van der Waals surface area (Å²) in [5, 5.41) is 0. The van der Waals surface area contributed by atoms with E-state index in [4.69, 9.17) is 10.5 Å². The van der Waals surface area contributed by atoms with Gasteiger partial charge in [-0.15, -0.1) is 0 Å². The number of nitrogens with two attached hydrogens (primary N) is 1. The molecule has 0 saturated carbocycles. The van der Waals surface area contributed by atoms with E-state index < -0.39 is 0 Å². The minimum absolute atomic E-state index is 0.272. The molecule has 2 N–H and O–H groups in total. The zero-order chi connectivity index (χ0) is 13.1. The van der Waals surface area contributed by atoms with Crippen LogP contribution >= 0.6 is 0 Å². The second-order valence-electron chi connectivity index (χ2n) is 4.42. The molecule has 0 aliphatic rings. The average Bonchev–Trinajstić information content (AvgIpc) is 2.27.